The molecule has 2 aromatic carbocycles. The quantitative estimate of drug-likeness (QED) is 0.670. The van der Waals surface area contributed by atoms with Crippen molar-refractivity contribution in [2.75, 3.05) is 5.32 Å². The molecule has 1 aliphatic heterocycles. The minimum Gasteiger partial charge on any atom is -0.375 e. The molecule has 0 amide bonds. The fourth-order valence-corrected chi connectivity index (χ4v) is 2.64. The first kappa shape index (κ1) is 13.9. The van der Waals surface area contributed by atoms with Gasteiger partial charge in [-0.05, 0) is 28.8 Å². The Morgan fingerprint density at radius 1 is 1.19 bits per heavy atom. The Labute approximate surface area is 127 Å². The van der Waals surface area contributed by atoms with Crippen LogP contribution < -0.4 is 10.6 Å². The molecule has 0 aliphatic carbocycles. The molecule has 2 aromatic rings. The number of nitrogens with one attached hydrogen (secondary N) is 2. The van der Waals surface area contributed by atoms with Crippen molar-refractivity contribution in [3.63, 3.8) is 0 Å². The number of hydrogen-bond donors (Lipinski definition) is 2. The Bertz CT molecular complexity index is 703. The molecule has 2 N–H and O–H groups in total. The molecular formula is C15H14ClN3O2. The first-order valence-corrected chi connectivity index (χ1v) is 7.00. The Balaban J connectivity index is 1.78. The summed E-state index contributed by atoms with van der Waals surface area (Å²) in [6.45, 7) is 2.30. The van der Waals surface area contributed by atoms with Crippen molar-refractivity contribution in [3.8, 4) is 0 Å². The van der Waals surface area contributed by atoms with Gasteiger partial charge in [-0.3, -0.25) is 10.1 Å². The standard InChI is InChI=1S/C15H14ClN3O2/c16-13-3-4-15(19(20)21)14(6-13)18-7-10-1-2-11-8-17-9-12(11)5-10/h1-6,17-18H,7-9H2. The van der Waals surface area contributed by atoms with Crippen molar-refractivity contribution >= 4 is 23.0 Å². The van der Waals surface area contributed by atoms with Crippen LogP contribution in [0.5, 0.6) is 0 Å². The molecule has 108 valence electrons. The van der Waals surface area contributed by atoms with Gasteiger partial charge in [0.05, 0.1) is 4.92 Å². The number of nitrogens with zero attached hydrogens (tertiary/aromatic N) is 1. The van der Waals surface area contributed by atoms with Crippen LogP contribution in [0.4, 0.5) is 11.4 Å². The number of anilines is 1. The molecule has 0 aromatic heterocycles. The lowest BCUT2D eigenvalue weighted by Crippen LogP contribution is -2.03. The maximum absolute atomic E-state index is 11.0. The lowest BCUT2D eigenvalue weighted by Gasteiger charge is -2.09. The number of nitro groups is 1. The lowest BCUT2D eigenvalue weighted by molar-refractivity contribution is -0.384. The zero-order valence-corrected chi connectivity index (χ0v) is 12.0. The van der Waals surface area contributed by atoms with Gasteiger partial charge in [0.25, 0.3) is 5.69 Å². The molecule has 0 atom stereocenters. The molecular weight excluding hydrogens is 290 g/mol. The average molecular weight is 304 g/mol. The van der Waals surface area contributed by atoms with Gasteiger partial charge in [-0.15, -0.1) is 0 Å². The van der Waals surface area contributed by atoms with Crippen LogP contribution in [0.2, 0.25) is 5.02 Å². The third-order valence-electron chi connectivity index (χ3n) is 3.54. The first-order chi connectivity index (χ1) is 10.1. The number of fused-ring (bicyclic) bond motifs is 1. The monoisotopic (exact) mass is 303 g/mol. The molecule has 0 saturated heterocycles. The Morgan fingerprint density at radius 3 is 2.81 bits per heavy atom. The summed E-state index contributed by atoms with van der Waals surface area (Å²) in [7, 11) is 0. The molecule has 0 radical (unpaired) electrons. The molecule has 21 heavy (non-hydrogen) atoms. The van der Waals surface area contributed by atoms with E-state index in [0.29, 0.717) is 17.3 Å². The van der Waals surface area contributed by atoms with Gasteiger partial charge in [-0.2, -0.15) is 0 Å². The van der Waals surface area contributed by atoms with Gasteiger partial charge >= 0.3 is 0 Å². The summed E-state index contributed by atoms with van der Waals surface area (Å²) < 4.78 is 0. The van der Waals surface area contributed by atoms with Crippen LogP contribution in [0.1, 0.15) is 16.7 Å². The number of benzene rings is 2. The summed E-state index contributed by atoms with van der Waals surface area (Å²) in [5.74, 6) is 0. The number of rotatable bonds is 4. The van der Waals surface area contributed by atoms with Crippen LogP contribution in [-0.2, 0) is 19.6 Å². The Kier molecular flexibility index (Phi) is 3.77. The first-order valence-electron chi connectivity index (χ1n) is 6.63. The van der Waals surface area contributed by atoms with Crippen molar-refractivity contribution in [1.29, 1.82) is 0 Å². The molecule has 0 unspecified atom stereocenters. The largest absolute Gasteiger partial charge is 0.375 e. The number of hydrogen-bond acceptors (Lipinski definition) is 4. The number of halogens is 1. The highest BCUT2D eigenvalue weighted by Gasteiger charge is 2.14. The molecule has 0 saturated carbocycles. The van der Waals surface area contributed by atoms with Crippen molar-refractivity contribution in [2.24, 2.45) is 0 Å². The van der Waals surface area contributed by atoms with Gasteiger partial charge in [0.15, 0.2) is 0 Å². The highest BCUT2D eigenvalue weighted by Crippen LogP contribution is 2.28. The van der Waals surface area contributed by atoms with Crippen molar-refractivity contribution in [2.45, 2.75) is 19.6 Å². The Hall–Kier alpha value is -2.11. The molecule has 1 aliphatic rings. The highest BCUT2D eigenvalue weighted by atomic mass is 35.5. The molecule has 5 nitrogen and oxygen atoms in total. The van der Waals surface area contributed by atoms with Gasteiger partial charge < -0.3 is 10.6 Å². The summed E-state index contributed by atoms with van der Waals surface area (Å²) in [5.41, 5.74) is 4.16. The van der Waals surface area contributed by atoms with Gasteiger partial charge in [0, 0.05) is 30.7 Å². The highest BCUT2D eigenvalue weighted by molar-refractivity contribution is 6.31. The van der Waals surface area contributed by atoms with Crippen LogP contribution in [0, 0.1) is 10.1 Å². The number of nitro benzene ring substituents is 1. The zero-order chi connectivity index (χ0) is 14.8. The van der Waals surface area contributed by atoms with E-state index in [1.165, 1.54) is 23.3 Å². The summed E-state index contributed by atoms with van der Waals surface area (Å²) in [5, 5.41) is 17.9. The summed E-state index contributed by atoms with van der Waals surface area (Å²) in [4.78, 5) is 10.6. The van der Waals surface area contributed by atoms with E-state index in [1.807, 2.05) is 6.07 Å². The van der Waals surface area contributed by atoms with Crippen LogP contribution in [0.25, 0.3) is 0 Å². The fourth-order valence-electron chi connectivity index (χ4n) is 2.46. The van der Waals surface area contributed by atoms with Crippen molar-refractivity contribution in [3.05, 3.63) is 68.2 Å². The van der Waals surface area contributed by atoms with Crippen LogP contribution >= 0.6 is 11.6 Å². The normalized spacial score (nSPS) is 13.0. The summed E-state index contributed by atoms with van der Waals surface area (Å²) in [6, 6.07) is 10.8. The summed E-state index contributed by atoms with van der Waals surface area (Å²) in [6.07, 6.45) is 0. The second-order valence-corrected chi connectivity index (χ2v) is 5.42. The molecule has 0 spiro atoms. The maximum atomic E-state index is 11.0. The van der Waals surface area contributed by atoms with E-state index in [1.54, 1.807) is 6.07 Å². The second-order valence-electron chi connectivity index (χ2n) is 4.98. The van der Waals surface area contributed by atoms with Crippen LogP contribution in [-0.4, -0.2) is 4.92 Å². The van der Waals surface area contributed by atoms with Crippen molar-refractivity contribution < 1.29 is 4.92 Å². The lowest BCUT2D eigenvalue weighted by atomic mass is 10.1. The van der Waals surface area contributed by atoms with Gasteiger partial charge in [-0.1, -0.05) is 29.8 Å². The van der Waals surface area contributed by atoms with E-state index >= 15 is 0 Å². The Morgan fingerprint density at radius 2 is 2.00 bits per heavy atom. The van der Waals surface area contributed by atoms with Crippen molar-refractivity contribution in [1.82, 2.24) is 5.32 Å². The molecule has 3 rings (SSSR count). The van der Waals surface area contributed by atoms with Gasteiger partial charge in [0.1, 0.15) is 5.69 Å². The predicted molar refractivity (Wildman–Crippen MR) is 82.4 cm³/mol. The molecule has 6 heteroatoms. The predicted octanol–water partition coefficient (Wildman–Crippen LogP) is 3.46. The topological polar surface area (TPSA) is 67.2 Å². The van der Waals surface area contributed by atoms with Crippen LogP contribution in [0.3, 0.4) is 0 Å². The molecule has 0 bridgehead atoms. The van der Waals surface area contributed by atoms with E-state index in [-0.39, 0.29) is 5.69 Å². The third-order valence-corrected chi connectivity index (χ3v) is 3.77. The van der Waals surface area contributed by atoms with E-state index in [4.69, 9.17) is 11.6 Å². The molecule has 1 heterocycles. The van der Waals surface area contributed by atoms with E-state index in [2.05, 4.69) is 22.8 Å². The van der Waals surface area contributed by atoms with Gasteiger partial charge in [-0.25, -0.2) is 0 Å². The minimum atomic E-state index is -0.411. The zero-order valence-electron chi connectivity index (χ0n) is 11.2. The van der Waals surface area contributed by atoms with Gasteiger partial charge in [0.2, 0.25) is 0 Å². The summed E-state index contributed by atoms with van der Waals surface area (Å²) >= 11 is 5.91. The fraction of sp³-hybridized carbons (Fsp3) is 0.200. The maximum Gasteiger partial charge on any atom is 0.292 e. The van der Waals surface area contributed by atoms with E-state index in [0.717, 1.165) is 18.7 Å². The third kappa shape index (κ3) is 2.99. The second kappa shape index (κ2) is 5.71. The SMILES string of the molecule is O=[N+]([O-])c1ccc(Cl)cc1NCc1ccc2c(c1)CNC2. The molecule has 0 fully saturated rings. The van der Waals surface area contributed by atoms with E-state index < -0.39 is 4.92 Å². The minimum absolute atomic E-state index is 0.0298. The van der Waals surface area contributed by atoms with Crippen LogP contribution in [0.15, 0.2) is 36.4 Å². The average Bonchev–Trinajstić information content (AvgIpc) is 2.92. The van der Waals surface area contributed by atoms with E-state index in [9.17, 15) is 10.1 Å². The smallest absolute Gasteiger partial charge is 0.292 e.